The zero-order valence-corrected chi connectivity index (χ0v) is 24.8. The first-order valence-electron chi connectivity index (χ1n) is 13.8. The van der Waals surface area contributed by atoms with Gasteiger partial charge in [0.05, 0.1) is 16.9 Å². The monoisotopic (exact) mass is 605 g/mol. The predicted molar refractivity (Wildman–Crippen MR) is 157 cm³/mol. The summed E-state index contributed by atoms with van der Waals surface area (Å²) in [4.78, 5) is 39.8. The van der Waals surface area contributed by atoms with Crippen LogP contribution in [0.4, 0.5) is 0 Å². The number of ketones is 1. The Morgan fingerprint density at radius 2 is 1.63 bits per heavy atom. The normalized spacial score (nSPS) is 16.4. The first kappa shape index (κ1) is 32.7. The van der Waals surface area contributed by atoms with E-state index in [-0.39, 0.29) is 34.1 Å². The van der Waals surface area contributed by atoms with Crippen LogP contribution in [-0.4, -0.2) is 73.2 Å². The van der Waals surface area contributed by atoms with Gasteiger partial charge in [0.15, 0.2) is 5.78 Å². The fourth-order valence-electron chi connectivity index (χ4n) is 4.82. The van der Waals surface area contributed by atoms with Crippen molar-refractivity contribution in [2.45, 2.75) is 69.3 Å². The number of nitrogens with zero attached hydrogens (tertiary/aromatic N) is 1. The molecule has 0 aliphatic carbocycles. The summed E-state index contributed by atoms with van der Waals surface area (Å²) >= 11 is 5.79. The molecule has 1 aliphatic heterocycles. The van der Waals surface area contributed by atoms with Gasteiger partial charge in [-0.2, -0.15) is 0 Å². The number of Topliss-reactive ketones (excluding diaryl/α,β-unsaturated/α-hetero) is 1. The van der Waals surface area contributed by atoms with Gasteiger partial charge >= 0.3 is 7.12 Å². The van der Waals surface area contributed by atoms with Crippen molar-refractivity contribution in [3.8, 4) is 0 Å². The SMILES string of the molecule is CC(C)C(NC(=O)[C@@H]1CCCN1CCCCCC(=O)c1ccc(C(=O)NS(=O)(=O)c2ccc(Cl)cc2)cc1)B(O)O. The van der Waals surface area contributed by atoms with Gasteiger partial charge in [0.2, 0.25) is 5.91 Å². The largest absolute Gasteiger partial charge is 0.475 e. The van der Waals surface area contributed by atoms with Gasteiger partial charge in [-0.1, -0.05) is 44.0 Å². The summed E-state index contributed by atoms with van der Waals surface area (Å²) < 4.78 is 26.9. The number of benzene rings is 2. The van der Waals surface area contributed by atoms with Crippen LogP contribution in [0.1, 0.15) is 73.1 Å². The van der Waals surface area contributed by atoms with E-state index in [4.69, 9.17) is 11.6 Å². The number of nitrogens with one attached hydrogen (secondary N) is 2. The number of carbonyl (C=O) groups excluding carboxylic acids is 3. The summed E-state index contributed by atoms with van der Waals surface area (Å²) in [6.45, 7) is 5.15. The van der Waals surface area contributed by atoms with Crippen LogP contribution in [0, 0.1) is 5.92 Å². The molecule has 4 N–H and O–H groups in total. The summed E-state index contributed by atoms with van der Waals surface area (Å²) in [6, 6.07) is 11.0. The summed E-state index contributed by atoms with van der Waals surface area (Å²) in [5.41, 5.74) is 0.542. The minimum absolute atomic E-state index is 0.0774. The molecule has 0 aromatic heterocycles. The lowest BCUT2D eigenvalue weighted by molar-refractivity contribution is -0.126. The molecule has 222 valence electrons. The molecule has 2 aromatic rings. The van der Waals surface area contributed by atoms with Gasteiger partial charge in [0.25, 0.3) is 15.9 Å². The summed E-state index contributed by atoms with van der Waals surface area (Å²) in [7, 11) is -5.68. The first-order chi connectivity index (χ1) is 19.4. The van der Waals surface area contributed by atoms with Crippen molar-refractivity contribution in [2.75, 3.05) is 13.1 Å². The van der Waals surface area contributed by atoms with Gasteiger partial charge in [-0.05, 0) is 81.1 Å². The molecule has 10 nitrogen and oxygen atoms in total. The van der Waals surface area contributed by atoms with Crippen LogP contribution in [0.5, 0.6) is 0 Å². The second-order valence-corrected chi connectivity index (χ2v) is 12.7. The Bertz CT molecular complexity index is 1300. The zero-order chi connectivity index (χ0) is 30.2. The van der Waals surface area contributed by atoms with E-state index in [9.17, 15) is 32.8 Å². The van der Waals surface area contributed by atoms with Crippen molar-refractivity contribution >= 4 is 46.3 Å². The van der Waals surface area contributed by atoms with Crippen molar-refractivity contribution < 1.29 is 32.8 Å². The predicted octanol–water partition coefficient (Wildman–Crippen LogP) is 2.82. The molecule has 41 heavy (non-hydrogen) atoms. The Morgan fingerprint density at radius 3 is 2.24 bits per heavy atom. The van der Waals surface area contributed by atoms with Crippen molar-refractivity contribution in [1.82, 2.24) is 14.9 Å². The summed E-state index contributed by atoms with van der Waals surface area (Å²) in [5, 5.41) is 22.2. The van der Waals surface area contributed by atoms with Gasteiger partial charge < -0.3 is 15.4 Å². The molecule has 1 saturated heterocycles. The molecular formula is C28H37BClN3O7S. The Hall–Kier alpha value is -2.77. The first-order valence-corrected chi connectivity index (χ1v) is 15.6. The number of halogens is 1. The fraction of sp³-hybridized carbons (Fsp3) is 0.464. The van der Waals surface area contributed by atoms with E-state index in [0.717, 1.165) is 32.2 Å². The molecule has 13 heteroatoms. The average molecular weight is 606 g/mol. The molecule has 1 aliphatic rings. The maximum absolute atomic E-state index is 12.7. The molecule has 3 rings (SSSR count). The summed E-state index contributed by atoms with van der Waals surface area (Å²) in [6.07, 6.45) is 4.21. The molecule has 1 heterocycles. The number of sulfonamides is 1. The van der Waals surface area contributed by atoms with Crippen molar-refractivity contribution in [3.05, 3.63) is 64.7 Å². The van der Waals surface area contributed by atoms with E-state index in [1.54, 1.807) is 0 Å². The van der Waals surface area contributed by atoms with Crippen molar-refractivity contribution in [3.63, 3.8) is 0 Å². The molecule has 1 unspecified atom stereocenters. The van der Waals surface area contributed by atoms with Crippen molar-refractivity contribution in [2.24, 2.45) is 5.92 Å². The number of carbonyl (C=O) groups is 3. The fourth-order valence-corrected chi connectivity index (χ4v) is 5.92. The number of rotatable bonds is 14. The molecular weight excluding hydrogens is 569 g/mol. The molecule has 2 aromatic carbocycles. The lowest BCUT2D eigenvalue weighted by Crippen LogP contribution is -2.54. The van der Waals surface area contributed by atoms with Crippen LogP contribution < -0.4 is 10.0 Å². The van der Waals surface area contributed by atoms with Crippen LogP contribution in [-0.2, 0) is 14.8 Å². The van der Waals surface area contributed by atoms with Gasteiger partial charge in [0, 0.05) is 22.6 Å². The van der Waals surface area contributed by atoms with E-state index < -0.39 is 29.0 Å². The van der Waals surface area contributed by atoms with Crippen LogP contribution >= 0.6 is 11.6 Å². The van der Waals surface area contributed by atoms with Crippen molar-refractivity contribution in [1.29, 1.82) is 0 Å². The van der Waals surface area contributed by atoms with Crippen LogP contribution in [0.15, 0.2) is 53.4 Å². The van der Waals surface area contributed by atoms with Crippen LogP contribution in [0.3, 0.4) is 0 Å². The second-order valence-electron chi connectivity index (χ2n) is 10.6. The highest BCUT2D eigenvalue weighted by molar-refractivity contribution is 7.90. The lowest BCUT2D eigenvalue weighted by Gasteiger charge is -2.27. The molecule has 0 saturated carbocycles. The Morgan fingerprint density at radius 1 is 1.00 bits per heavy atom. The molecule has 0 spiro atoms. The van der Waals surface area contributed by atoms with E-state index in [0.29, 0.717) is 30.0 Å². The smallest absolute Gasteiger partial charge is 0.426 e. The second kappa shape index (κ2) is 14.9. The molecule has 2 atom stereocenters. The van der Waals surface area contributed by atoms with E-state index in [1.807, 2.05) is 18.6 Å². The van der Waals surface area contributed by atoms with Gasteiger partial charge in [0.1, 0.15) is 0 Å². The standard InChI is InChI=1S/C28H37BClN3O7S/c1-19(2)26(29(37)38)31-28(36)24-7-6-18-33(24)17-5-3-4-8-25(34)20-9-11-21(12-10-20)27(35)32-41(39,40)23-15-13-22(30)14-16-23/h9-16,19,24,26,37-38H,3-8,17-18H2,1-2H3,(H,31,36)(H,32,35)/t24-,26?/m0/s1. The molecule has 0 bridgehead atoms. The number of unbranched alkanes of at least 4 members (excludes halogenated alkanes) is 2. The minimum Gasteiger partial charge on any atom is -0.426 e. The van der Waals surface area contributed by atoms with Gasteiger partial charge in [-0.15, -0.1) is 0 Å². The van der Waals surface area contributed by atoms with Crippen LogP contribution in [0.2, 0.25) is 5.02 Å². The average Bonchev–Trinajstić information content (AvgIpc) is 3.39. The number of hydrogen-bond acceptors (Lipinski definition) is 8. The highest BCUT2D eigenvalue weighted by Crippen LogP contribution is 2.20. The Kier molecular flexibility index (Phi) is 11.9. The molecule has 2 amide bonds. The van der Waals surface area contributed by atoms with Gasteiger partial charge in [-0.3, -0.25) is 19.3 Å². The lowest BCUT2D eigenvalue weighted by atomic mass is 9.73. The molecule has 1 fully saturated rings. The quantitative estimate of drug-likeness (QED) is 0.146. The third-order valence-corrected chi connectivity index (χ3v) is 8.78. The summed E-state index contributed by atoms with van der Waals surface area (Å²) in [5.74, 6) is -1.91. The van der Waals surface area contributed by atoms with E-state index in [2.05, 4.69) is 10.2 Å². The van der Waals surface area contributed by atoms with Gasteiger partial charge in [-0.25, -0.2) is 13.1 Å². The number of likely N-dealkylation sites (tertiary alicyclic amines) is 1. The van der Waals surface area contributed by atoms with E-state index in [1.165, 1.54) is 48.5 Å². The van der Waals surface area contributed by atoms with Crippen LogP contribution in [0.25, 0.3) is 0 Å². The zero-order valence-electron chi connectivity index (χ0n) is 23.3. The highest BCUT2D eigenvalue weighted by atomic mass is 35.5. The minimum atomic E-state index is -4.07. The molecule has 0 radical (unpaired) electrons. The highest BCUT2D eigenvalue weighted by Gasteiger charge is 2.35. The number of amides is 2. The number of hydrogen-bond donors (Lipinski definition) is 4. The Labute approximate surface area is 246 Å². The third-order valence-electron chi connectivity index (χ3n) is 7.18. The van der Waals surface area contributed by atoms with E-state index >= 15 is 0 Å². The maximum atomic E-state index is 12.7. The maximum Gasteiger partial charge on any atom is 0.475 e. The third kappa shape index (κ3) is 9.37. The Balaban J connectivity index is 1.42. The topological polar surface area (TPSA) is 153 Å².